The van der Waals surface area contributed by atoms with E-state index in [4.69, 9.17) is 0 Å². The molecule has 0 aromatic heterocycles. The summed E-state index contributed by atoms with van der Waals surface area (Å²) in [5.41, 5.74) is 0. The molecular weight excluding hydrogens is 170 g/mol. The molecule has 0 bridgehead atoms. The number of hydrogen-bond donors (Lipinski definition) is 2. The Morgan fingerprint density at radius 1 is 1.33 bits per heavy atom. The zero-order valence-electron chi connectivity index (χ0n) is 7.81. The zero-order chi connectivity index (χ0) is 9.23. The monoisotopic (exact) mass is 189 g/mol. The summed E-state index contributed by atoms with van der Waals surface area (Å²) in [7, 11) is 0. The van der Waals surface area contributed by atoms with Crippen molar-refractivity contribution in [2.45, 2.75) is 39.0 Å². The number of nitrogens with one attached hydrogen (secondary N) is 1. The first kappa shape index (κ1) is 11.8. The molecule has 3 heteroatoms. The summed E-state index contributed by atoms with van der Waals surface area (Å²) >= 11 is 3.98. The summed E-state index contributed by atoms with van der Waals surface area (Å²) in [6, 6.07) is 0. The van der Waals surface area contributed by atoms with Crippen LogP contribution in [0, 0.1) is 0 Å². The van der Waals surface area contributed by atoms with Gasteiger partial charge in [0.15, 0.2) is 0 Å². The summed E-state index contributed by atoms with van der Waals surface area (Å²) in [5.74, 6) is 0.766. The van der Waals surface area contributed by atoms with Gasteiger partial charge in [0, 0.05) is 13.0 Å². The minimum Gasteiger partial charge on any atom is -0.356 e. The predicted octanol–water partition coefficient (Wildman–Crippen LogP) is 2.00. The number of hydrogen-bond acceptors (Lipinski definition) is 2. The molecule has 0 saturated carbocycles. The molecule has 0 atom stereocenters. The molecule has 0 aromatic rings. The highest BCUT2D eigenvalue weighted by atomic mass is 32.1. The van der Waals surface area contributed by atoms with Gasteiger partial charge in [-0.2, -0.15) is 12.6 Å². The lowest BCUT2D eigenvalue weighted by molar-refractivity contribution is -0.120. The van der Waals surface area contributed by atoms with E-state index in [0.29, 0.717) is 12.2 Å². The second-order valence-electron chi connectivity index (χ2n) is 2.88. The Hall–Kier alpha value is -0.180. The second-order valence-corrected chi connectivity index (χ2v) is 3.33. The maximum absolute atomic E-state index is 10.9. The van der Waals surface area contributed by atoms with Crippen LogP contribution in [-0.4, -0.2) is 18.2 Å². The number of carbonyl (C=O) groups excluding carboxylic acids is 1. The van der Waals surface area contributed by atoms with Crippen molar-refractivity contribution in [3.05, 3.63) is 0 Å². The molecule has 12 heavy (non-hydrogen) atoms. The highest BCUT2D eigenvalue weighted by molar-refractivity contribution is 7.80. The Bertz CT molecular complexity index is 117. The number of thiol groups is 1. The molecule has 0 aliphatic rings. The summed E-state index contributed by atoms with van der Waals surface area (Å²) in [6.07, 6.45) is 5.37. The Labute approximate surface area is 80.5 Å². The van der Waals surface area contributed by atoms with E-state index in [2.05, 4.69) is 24.9 Å². The summed E-state index contributed by atoms with van der Waals surface area (Å²) in [6.45, 7) is 3.01. The normalized spacial score (nSPS) is 9.83. The molecule has 0 aliphatic carbocycles. The van der Waals surface area contributed by atoms with Gasteiger partial charge in [-0.25, -0.2) is 0 Å². The molecule has 0 heterocycles. The molecule has 0 radical (unpaired) electrons. The molecule has 0 unspecified atom stereocenters. The molecule has 0 aromatic carbocycles. The van der Waals surface area contributed by atoms with Gasteiger partial charge in [0.1, 0.15) is 0 Å². The van der Waals surface area contributed by atoms with Crippen molar-refractivity contribution < 1.29 is 4.79 Å². The van der Waals surface area contributed by atoms with Crippen LogP contribution in [0.3, 0.4) is 0 Å². The van der Waals surface area contributed by atoms with Crippen molar-refractivity contribution >= 4 is 18.5 Å². The fraction of sp³-hybridized carbons (Fsp3) is 0.889. The van der Waals surface area contributed by atoms with Crippen LogP contribution in [0.5, 0.6) is 0 Å². The number of amides is 1. The van der Waals surface area contributed by atoms with Gasteiger partial charge in [0.05, 0.1) is 0 Å². The third-order valence-electron chi connectivity index (χ3n) is 1.69. The molecule has 0 aliphatic heterocycles. The van der Waals surface area contributed by atoms with E-state index in [1.807, 2.05) is 0 Å². The molecule has 1 N–H and O–H groups in total. The van der Waals surface area contributed by atoms with Gasteiger partial charge in [-0.15, -0.1) is 0 Å². The van der Waals surface area contributed by atoms with Gasteiger partial charge in [-0.3, -0.25) is 4.79 Å². The van der Waals surface area contributed by atoms with E-state index in [1.165, 1.54) is 19.3 Å². The molecule has 2 nitrogen and oxygen atoms in total. The smallest absolute Gasteiger partial charge is 0.220 e. The SMILES string of the molecule is CCCCCCNC(=O)CCS. The van der Waals surface area contributed by atoms with Gasteiger partial charge in [-0.05, 0) is 12.2 Å². The molecule has 0 fully saturated rings. The average molecular weight is 189 g/mol. The number of rotatable bonds is 7. The maximum Gasteiger partial charge on any atom is 0.220 e. The van der Waals surface area contributed by atoms with E-state index in [0.717, 1.165) is 13.0 Å². The van der Waals surface area contributed by atoms with Crippen LogP contribution in [0.2, 0.25) is 0 Å². The number of carbonyl (C=O) groups is 1. The van der Waals surface area contributed by atoms with Crippen LogP contribution in [0.4, 0.5) is 0 Å². The highest BCUT2D eigenvalue weighted by Crippen LogP contribution is 1.97. The van der Waals surface area contributed by atoms with Crippen molar-refractivity contribution in [1.82, 2.24) is 5.32 Å². The number of unbranched alkanes of at least 4 members (excludes halogenated alkanes) is 3. The van der Waals surface area contributed by atoms with Crippen LogP contribution in [-0.2, 0) is 4.79 Å². The summed E-state index contributed by atoms with van der Waals surface area (Å²) in [5, 5.41) is 2.85. The molecule has 0 rings (SSSR count). The van der Waals surface area contributed by atoms with Crippen LogP contribution < -0.4 is 5.32 Å². The van der Waals surface area contributed by atoms with E-state index < -0.39 is 0 Å². The Morgan fingerprint density at radius 2 is 2.08 bits per heavy atom. The lowest BCUT2D eigenvalue weighted by Gasteiger charge is -2.02. The van der Waals surface area contributed by atoms with Crippen molar-refractivity contribution in [2.75, 3.05) is 12.3 Å². The second kappa shape index (κ2) is 8.91. The molecule has 72 valence electrons. The fourth-order valence-electron chi connectivity index (χ4n) is 0.970. The van der Waals surface area contributed by atoms with Gasteiger partial charge >= 0.3 is 0 Å². The average Bonchev–Trinajstić information content (AvgIpc) is 2.05. The van der Waals surface area contributed by atoms with E-state index in [-0.39, 0.29) is 5.91 Å². The van der Waals surface area contributed by atoms with Crippen LogP contribution >= 0.6 is 12.6 Å². The minimum atomic E-state index is 0.126. The lowest BCUT2D eigenvalue weighted by atomic mass is 10.2. The first-order chi connectivity index (χ1) is 5.81. The highest BCUT2D eigenvalue weighted by Gasteiger charge is 1.96. The lowest BCUT2D eigenvalue weighted by Crippen LogP contribution is -2.24. The Kier molecular flexibility index (Phi) is 8.78. The first-order valence-electron chi connectivity index (χ1n) is 4.68. The zero-order valence-corrected chi connectivity index (χ0v) is 8.70. The molecule has 1 amide bonds. The van der Waals surface area contributed by atoms with Gasteiger partial charge in [-0.1, -0.05) is 26.2 Å². The Morgan fingerprint density at radius 3 is 2.67 bits per heavy atom. The van der Waals surface area contributed by atoms with Gasteiger partial charge in [0.25, 0.3) is 0 Å². The molecule has 0 spiro atoms. The third kappa shape index (κ3) is 7.92. The summed E-state index contributed by atoms with van der Waals surface area (Å²) in [4.78, 5) is 10.9. The quantitative estimate of drug-likeness (QED) is 0.465. The van der Waals surface area contributed by atoms with E-state index in [1.54, 1.807) is 0 Å². The topological polar surface area (TPSA) is 29.1 Å². The van der Waals surface area contributed by atoms with Crippen molar-refractivity contribution in [3.8, 4) is 0 Å². The largest absolute Gasteiger partial charge is 0.356 e. The molecule has 0 saturated heterocycles. The van der Waals surface area contributed by atoms with E-state index in [9.17, 15) is 4.79 Å². The van der Waals surface area contributed by atoms with E-state index >= 15 is 0 Å². The maximum atomic E-state index is 10.9. The standard InChI is InChI=1S/C9H19NOS/c1-2-3-4-5-7-10-9(11)6-8-12/h12H,2-8H2,1H3,(H,10,11). The van der Waals surface area contributed by atoms with Gasteiger partial charge in [0.2, 0.25) is 5.91 Å². The van der Waals surface area contributed by atoms with Crippen LogP contribution in [0.1, 0.15) is 39.0 Å². The van der Waals surface area contributed by atoms with Crippen LogP contribution in [0.25, 0.3) is 0 Å². The third-order valence-corrected chi connectivity index (χ3v) is 1.91. The van der Waals surface area contributed by atoms with Crippen molar-refractivity contribution in [3.63, 3.8) is 0 Å². The molecular formula is C9H19NOS. The minimum absolute atomic E-state index is 0.126. The van der Waals surface area contributed by atoms with Crippen molar-refractivity contribution in [1.29, 1.82) is 0 Å². The van der Waals surface area contributed by atoms with Crippen molar-refractivity contribution in [2.24, 2.45) is 0 Å². The van der Waals surface area contributed by atoms with Crippen LogP contribution in [0.15, 0.2) is 0 Å². The predicted molar refractivity (Wildman–Crippen MR) is 55.6 cm³/mol. The summed E-state index contributed by atoms with van der Waals surface area (Å²) < 4.78 is 0. The Balaban J connectivity index is 3.03. The fourth-order valence-corrected chi connectivity index (χ4v) is 1.17. The first-order valence-corrected chi connectivity index (χ1v) is 5.32. The van der Waals surface area contributed by atoms with Gasteiger partial charge < -0.3 is 5.32 Å².